The van der Waals surface area contributed by atoms with Gasteiger partial charge in [-0.1, -0.05) is 12.5 Å². The third-order valence-corrected chi connectivity index (χ3v) is 7.71. The average molecular weight is 358 g/mol. The SMILES string of the molecule is O=C(NN1CCCCC1)[C@H]1CCCN(S(=O)(=O)c2cccs2)C1. The average Bonchev–Trinajstić information content (AvgIpc) is 3.11. The van der Waals surface area contributed by atoms with E-state index in [0.717, 1.165) is 38.8 Å². The summed E-state index contributed by atoms with van der Waals surface area (Å²) in [6.45, 7) is 2.54. The quantitative estimate of drug-likeness (QED) is 0.890. The Labute approximate surface area is 141 Å². The second-order valence-corrected chi connectivity index (χ2v) is 9.27. The summed E-state index contributed by atoms with van der Waals surface area (Å²) in [7, 11) is -3.46. The van der Waals surface area contributed by atoms with E-state index < -0.39 is 10.0 Å². The molecule has 2 aliphatic heterocycles. The molecular weight excluding hydrogens is 334 g/mol. The number of rotatable bonds is 4. The fourth-order valence-electron chi connectivity index (χ4n) is 3.17. The Morgan fingerprint density at radius 3 is 2.65 bits per heavy atom. The summed E-state index contributed by atoms with van der Waals surface area (Å²) in [6, 6.07) is 3.36. The highest BCUT2D eigenvalue weighted by Gasteiger charge is 2.34. The second kappa shape index (κ2) is 7.29. The molecule has 0 radical (unpaired) electrons. The van der Waals surface area contributed by atoms with Gasteiger partial charge in [0.2, 0.25) is 5.91 Å². The molecule has 0 spiro atoms. The molecule has 1 aromatic rings. The van der Waals surface area contributed by atoms with Gasteiger partial charge in [-0.2, -0.15) is 4.31 Å². The molecule has 1 N–H and O–H groups in total. The van der Waals surface area contributed by atoms with E-state index in [0.29, 0.717) is 10.8 Å². The number of carbonyl (C=O) groups excluding carboxylic acids is 1. The van der Waals surface area contributed by atoms with Crippen LogP contribution in [-0.2, 0) is 14.8 Å². The van der Waals surface area contributed by atoms with Gasteiger partial charge in [0, 0.05) is 26.2 Å². The fraction of sp³-hybridized carbons (Fsp3) is 0.667. The smallest absolute Gasteiger partial charge is 0.252 e. The highest BCUT2D eigenvalue weighted by Crippen LogP contribution is 2.26. The van der Waals surface area contributed by atoms with Crippen LogP contribution in [0.2, 0.25) is 0 Å². The largest absolute Gasteiger partial charge is 0.289 e. The maximum atomic E-state index is 12.6. The van der Waals surface area contributed by atoms with E-state index in [-0.39, 0.29) is 18.4 Å². The van der Waals surface area contributed by atoms with Gasteiger partial charge >= 0.3 is 0 Å². The van der Waals surface area contributed by atoms with E-state index in [4.69, 9.17) is 0 Å². The number of hydrogen-bond donors (Lipinski definition) is 1. The molecule has 0 saturated carbocycles. The van der Waals surface area contributed by atoms with Gasteiger partial charge in [-0.3, -0.25) is 10.2 Å². The number of amides is 1. The van der Waals surface area contributed by atoms with Gasteiger partial charge in [-0.25, -0.2) is 13.4 Å². The Morgan fingerprint density at radius 2 is 1.96 bits per heavy atom. The molecule has 2 fully saturated rings. The molecule has 2 aliphatic rings. The predicted molar refractivity (Wildman–Crippen MR) is 89.4 cm³/mol. The molecule has 1 amide bonds. The van der Waals surface area contributed by atoms with Crippen molar-refractivity contribution in [3.63, 3.8) is 0 Å². The van der Waals surface area contributed by atoms with Crippen LogP contribution in [0.15, 0.2) is 21.7 Å². The summed E-state index contributed by atoms with van der Waals surface area (Å²) in [6.07, 6.45) is 4.88. The summed E-state index contributed by atoms with van der Waals surface area (Å²) in [5, 5.41) is 3.73. The van der Waals surface area contributed by atoms with Crippen LogP contribution in [0.25, 0.3) is 0 Å². The lowest BCUT2D eigenvalue weighted by Crippen LogP contribution is -2.51. The van der Waals surface area contributed by atoms with Gasteiger partial charge < -0.3 is 0 Å². The highest BCUT2D eigenvalue weighted by molar-refractivity contribution is 7.91. The summed E-state index contributed by atoms with van der Waals surface area (Å²) < 4.78 is 27.0. The molecular formula is C15H23N3O3S2. The maximum absolute atomic E-state index is 12.6. The zero-order valence-electron chi connectivity index (χ0n) is 13.1. The van der Waals surface area contributed by atoms with Gasteiger partial charge in [0.25, 0.3) is 10.0 Å². The van der Waals surface area contributed by atoms with Crippen LogP contribution in [-0.4, -0.2) is 49.8 Å². The lowest BCUT2D eigenvalue weighted by molar-refractivity contribution is -0.131. The highest BCUT2D eigenvalue weighted by atomic mass is 32.2. The van der Waals surface area contributed by atoms with Crippen molar-refractivity contribution in [2.75, 3.05) is 26.2 Å². The summed E-state index contributed by atoms with van der Waals surface area (Å²) in [5.74, 6) is -0.307. The van der Waals surface area contributed by atoms with Crippen molar-refractivity contribution in [2.24, 2.45) is 5.92 Å². The third-order valence-electron chi connectivity index (χ3n) is 4.47. The lowest BCUT2D eigenvalue weighted by atomic mass is 9.99. The Bertz CT molecular complexity index is 624. The van der Waals surface area contributed by atoms with Crippen molar-refractivity contribution in [3.05, 3.63) is 17.5 Å². The van der Waals surface area contributed by atoms with E-state index >= 15 is 0 Å². The van der Waals surface area contributed by atoms with Gasteiger partial charge in [0.05, 0.1) is 5.92 Å². The van der Waals surface area contributed by atoms with Gasteiger partial charge in [-0.15, -0.1) is 11.3 Å². The van der Waals surface area contributed by atoms with Crippen LogP contribution in [0.1, 0.15) is 32.1 Å². The topological polar surface area (TPSA) is 69.7 Å². The Kier molecular flexibility index (Phi) is 5.35. The zero-order chi connectivity index (χ0) is 16.3. The number of carbonyl (C=O) groups is 1. The van der Waals surface area contributed by atoms with Crippen molar-refractivity contribution < 1.29 is 13.2 Å². The van der Waals surface area contributed by atoms with E-state index in [9.17, 15) is 13.2 Å². The van der Waals surface area contributed by atoms with Crippen molar-refractivity contribution >= 4 is 27.3 Å². The molecule has 6 nitrogen and oxygen atoms in total. The first-order valence-electron chi connectivity index (χ1n) is 8.16. The number of piperidine rings is 2. The molecule has 0 aromatic carbocycles. The monoisotopic (exact) mass is 357 g/mol. The first kappa shape index (κ1) is 16.9. The van der Waals surface area contributed by atoms with Crippen LogP contribution >= 0.6 is 11.3 Å². The number of thiophene rings is 1. The van der Waals surface area contributed by atoms with Crippen LogP contribution < -0.4 is 5.43 Å². The van der Waals surface area contributed by atoms with E-state index in [2.05, 4.69) is 5.43 Å². The van der Waals surface area contributed by atoms with Gasteiger partial charge in [-0.05, 0) is 37.1 Å². The number of nitrogens with zero attached hydrogens (tertiary/aromatic N) is 2. The molecule has 128 valence electrons. The molecule has 1 aromatic heterocycles. The summed E-state index contributed by atoms with van der Waals surface area (Å²) in [4.78, 5) is 12.5. The number of hydrogen-bond acceptors (Lipinski definition) is 5. The minimum absolute atomic E-state index is 0.0435. The first-order valence-corrected chi connectivity index (χ1v) is 10.5. The number of sulfonamides is 1. The molecule has 3 heterocycles. The van der Waals surface area contributed by atoms with Crippen molar-refractivity contribution in [1.82, 2.24) is 14.7 Å². The molecule has 0 bridgehead atoms. The minimum Gasteiger partial charge on any atom is -0.289 e. The lowest BCUT2D eigenvalue weighted by Gasteiger charge is -2.33. The maximum Gasteiger partial charge on any atom is 0.252 e. The third kappa shape index (κ3) is 3.93. The summed E-state index contributed by atoms with van der Waals surface area (Å²) >= 11 is 1.22. The number of nitrogens with one attached hydrogen (secondary N) is 1. The van der Waals surface area contributed by atoms with E-state index in [1.807, 2.05) is 5.01 Å². The fourth-order valence-corrected chi connectivity index (χ4v) is 5.83. The van der Waals surface area contributed by atoms with Crippen LogP contribution in [0, 0.1) is 5.92 Å². The molecule has 0 unspecified atom stereocenters. The minimum atomic E-state index is -3.46. The van der Waals surface area contributed by atoms with Crippen molar-refractivity contribution in [1.29, 1.82) is 0 Å². The van der Waals surface area contributed by atoms with Crippen LogP contribution in [0.4, 0.5) is 0 Å². The van der Waals surface area contributed by atoms with Crippen LogP contribution in [0.3, 0.4) is 0 Å². The Morgan fingerprint density at radius 1 is 1.17 bits per heavy atom. The van der Waals surface area contributed by atoms with Gasteiger partial charge in [0.1, 0.15) is 4.21 Å². The molecule has 23 heavy (non-hydrogen) atoms. The molecule has 8 heteroatoms. The van der Waals surface area contributed by atoms with Crippen molar-refractivity contribution in [3.8, 4) is 0 Å². The first-order chi connectivity index (χ1) is 11.1. The normalized spacial score (nSPS) is 24.4. The van der Waals surface area contributed by atoms with Crippen LogP contribution in [0.5, 0.6) is 0 Å². The summed E-state index contributed by atoms with van der Waals surface area (Å²) in [5.41, 5.74) is 2.97. The molecule has 3 rings (SSSR count). The standard InChI is InChI=1S/C15H23N3O3S2/c19-15(16-17-8-2-1-3-9-17)13-6-4-10-18(12-13)23(20,21)14-7-5-11-22-14/h5,7,11,13H,1-4,6,8-10,12H2,(H,16,19)/t13-/m0/s1. The van der Waals surface area contributed by atoms with E-state index in [1.165, 1.54) is 22.1 Å². The molecule has 2 saturated heterocycles. The Balaban J connectivity index is 1.62. The zero-order valence-corrected chi connectivity index (χ0v) is 14.7. The van der Waals surface area contributed by atoms with Crippen molar-refractivity contribution in [2.45, 2.75) is 36.3 Å². The predicted octanol–water partition coefficient (Wildman–Crippen LogP) is 1.67. The number of hydrazine groups is 1. The molecule has 0 aliphatic carbocycles. The van der Waals surface area contributed by atoms with E-state index in [1.54, 1.807) is 17.5 Å². The second-order valence-electron chi connectivity index (χ2n) is 6.16. The molecule has 1 atom stereocenters. The Hall–Kier alpha value is -0.960. The van der Waals surface area contributed by atoms with Gasteiger partial charge in [0.15, 0.2) is 0 Å².